The van der Waals surface area contributed by atoms with Gasteiger partial charge >= 0.3 is 0 Å². The van der Waals surface area contributed by atoms with Gasteiger partial charge in [-0.25, -0.2) is 0 Å². The Balaban J connectivity index is 1.43. The van der Waals surface area contributed by atoms with Crippen molar-refractivity contribution in [1.82, 2.24) is 10.2 Å². The van der Waals surface area contributed by atoms with E-state index in [-0.39, 0.29) is 23.6 Å². The Kier molecular flexibility index (Phi) is 6.21. The monoisotopic (exact) mass is 430 g/mol. The number of carbonyl (C=O) groups excluding carboxylic acids is 3. The lowest BCUT2D eigenvalue weighted by Gasteiger charge is -2.32. The zero-order chi connectivity index (χ0) is 22.7. The second-order valence-electron chi connectivity index (χ2n) is 8.19. The molecule has 3 aromatic rings. The molecule has 0 aliphatic carbocycles. The number of hydrogen-bond acceptors (Lipinski definition) is 4. The minimum Gasteiger partial charge on any atom is -0.459 e. The fourth-order valence-electron chi connectivity index (χ4n) is 3.96. The molecule has 0 atom stereocenters. The predicted octanol–water partition coefficient (Wildman–Crippen LogP) is 4.16. The zero-order valence-corrected chi connectivity index (χ0v) is 18.3. The van der Waals surface area contributed by atoms with E-state index in [1.807, 2.05) is 26.0 Å². The van der Waals surface area contributed by atoms with E-state index < -0.39 is 0 Å². The molecule has 1 aromatic heterocycles. The van der Waals surface area contributed by atoms with Crippen molar-refractivity contribution in [2.45, 2.75) is 32.7 Å². The topological polar surface area (TPSA) is 79.6 Å². The summed E-state index contributed by atoms with van der Waals surface area (Å²) in [5, 5.41) is 3.04. The minimum atomic E-state index is -0.270. The molecule has 164 valence electrons. The van der Waals surface area contributed by atoms with E-state index in [1.54, 1.807) is 47.4 Å². The lowest BCUT2D eigenvalue weighted by atomic mass is 9.95. The summed E-state index contributed by atoms with van der Waals surface area (Å²) in [4.78, 5) is 40.3. The third-order valence-electron chi connectivity index (χ3n) is 6.03. The van der Waals surface area contributed by atoms with Crippen LogP contribution in [0, 0.1) is 13.8 Å². The molecule has 1 saturated heterocycles. The smallest absolute Gasteiger partial charge is 0.289 e. The van der Waals surface area contributed by atoms with Gasteiger partial charge in [0.2, 0.25) is 0 Å². The van der Waals surface area contributed by atoms with Gasteiger partial charge in [-0.1, -0.05) is 30.3 Å². The molecule has 4 rings (SSSR count). The van der Waals surface area contributed by atoms with Crippen LogP contribution in [0.15, 0.2) is 65.3 Å². The van der Waals surface area contributed by atoms with Gasteiger partial charge in [0.05, 0.1) is 11.8 Å². The Morgan fingerprint density at radius 2 is 1.62 bits per heavy atom. The molecule has 1 aliphatic heterocycles. The quantitative estimate of drug-likeness (QED) is 0.617. The highest BCUT2D eigenvalue weighted by molar-refractivity contribution is 6.15. The van der Waals surface area contributed by atoms with Crippen LogP contribution in [0.5, 0.6) is 0 Å². The lowest BCUT2D eigenvalue weighted by molar-refractivity contribution is 0.0666. The maximum Gasteiger partial charge on any atom is 0.289 e. The van der Waals surface area contributed by atoms with Crippen LogP contribution < -0.4 is 5.32 Å². The Labute approximate surface area is 187 Å². The fraction of sp³-hybridized carbons (Fsp3) is 0.269. The third kappa shape index (κ3) is 4.49. The molecule has 0 saturated carbocycles. The molecule has 2 amide bonds. The highest BCUT2D eigenvalue weighted by atomic mass is 16.3. The third-order valence-corrected chi connectivity index (χ3v) is 6.03. The summed E-state index contributed by atoms with van der Waals surface area (Å²) in [6.07, 6.45) is 2.77. The number of aryl methyl sites for hydroxylation is 2. The number of nitrogens with zero attached hydrogens (tertiary/aromatic N) is 1. The molecule has 0 unspecified atom stereocenters. The second kappa shape index (κ2) is 9.22. The highest BCUT2D eigenvalue weighted by Crippen LogP contribution is 2.19. The molecule has 1 N–H and O–H groups in total. The van der Waals surface area contributed by atoms with E-state index in [4.69, 9.17) is 4.42 Å². The van der Waals surface area contributed by atoms with Crippen LogP contribution >= 0.6 is 0 Å². The summed E-state index contributed by atoms with van der Waals surface area (Å²) in [6, 6.07) is 15.8. The average molecular weight is 431 g/mol. The molecular formula is C26H26N2O4. The van der Waals surface area contributed by atoms with Crippen LogP contribution in [0.1, 0.15) is 60.8 Å². The number of amides is 2. The number of ketones is 1. The van der Waals surface area contributed by atoms with Crippen LogP contribution in [0.3, 0.4) is 0 Å². The maximum absolute atomic E-state index is 13.1. The first kappa shape index (κ1) is 21.6. The van der Waals surface area contributed by atoms with E-state index >= 15 is 0 Å². The second-order valence-corrected chi connectivity index (χ2v) is 8.19. The van der Waals surface area contributed by atoms with Gasteiger partial charge in [-0.3, -0.25) is 14.4 Å². The Morgan fingerprint density at radius 1 is 0.906 bits per heavy atom. The molecule has 2 heterocycles. The van der Waals surface area contributed by atoms with Crippen molar-refractivity contribution < 1.29 is 18.8 Å². The Hall–Kier alpha value is -3.67. The van der Waals surface area contributed by atoms with Crippen LogP contribution in [-0.4, -0.2) is 41.6 Å². The van der Waals surface area contributed by atoms with Crippen molar-refractivity contribution in [3.05, 3.63) is 94.4 Å². The summed E-state index contributed by atoms with van der Waals surface area (Å²) in [6.45, 7) is 5.04. The fourth-order valence-corrected chi connectivity index (χ4v) is 3.96. The summed E-state index contributed by atoms with van der Waals surface area (Å²) in [7, 11) is 0. The Morgan fingerprint density at radius 3 is 2.28 bits per heavy atom. The van der Waals surface area contributed by atoms with Gasteiger partial charge in [-0.05, 0) is 62.1 Å². The molecule has 2 aromatic carbocycles. The zero-order valence-electron chi connectivity index (χ0n) is 18.3. The first-order chi connectivity index (χ1) is 15.4. The molecule has 32 heavy (non-hydrogen) atoms. The van der Waals surface area contributed by atoms with Gasteiger partial charge in [-0.2, -0.15) is 0 Å². The molecule has 0 bridgehead atoms. The van der Waals surface area contributed by atoms with E-state index in [9.17, 15) is 14.4 Å². The number of benzene rings is 2. The predicted molar refractivity (Wildman–Crippen MR) is 121 cm³/mol. The minimum absolute atomic E-state index is 0.0621. The first-order valence-electron chi connectivity index (χ1n) is 10.8. The SMILES string of the molecule is Cc1ccc(C(=O)c2ccccc2C(=O)NC2CCN(C(=O)c3ccco3)CC2)cc1C. The van der Waals surface area contributed by atoms with Crippen molar-refractivity contribution in [2.24, 2.45) is 0 Å². The van der Waals surface area contributed by atoms with E-state index in [0.29, 0.717) is 48.4 Å². The molecule has 0 spiro atoms. The van der Waals surface area contributed by atoms with Gasteiger partial charge in [0.15, 0.2) is 11.5 Å². The number of rotatable bonds is 5. The Bertz CT molecular complexity index is 1140. The molecule has 6 nitrogen and oxygen atoms in total. The number of likely N-dealkylation sites (tertiary alicyclic amines) is 1. The van der Waals surface area contributed by atoms with E-state index in [1.165, 1.54) is 6.26 Å². The van der Waals surface area contributed by atoms with E-state index in [2.05, 4.69) is 5.32 Å². The summed E-state index contributed by atoms with van der Waals surface area (Å²) in [5.74, 6) is -0.248. The normalized spacial score (nSPS) is 14.2. The maximum atomic E-state index is 13.1. The summed E-state index contributed by atoms with van der Waals surface area (Å²) < 4.78 is 5.19. The summed E-state index contributed by atoms with van der Waals surface area (Å²) in [5.41, 5.74) is 3.47. The average Bonchev–Trinajstić information content (AvgIpc) is 3.35. The highest BCUT2D eigenvalue weighted by Gasteiger charge is 2.27. The van der Waals surface area contributed by atoms with Crippen molar-refractivity contribution in [1.29, 1.82) is 0 Å². The van der Waals surface area contributed by atoms with Crippen molar-refractivity contribution in [3.8, 4) is 0 Å². The van der Waals surface area contributed by atoms with Crippen LogP contribution in [-0.2, 0) is 0 Å². The standard InChI is InChI=1S/C26H26N2O4/c1-17-9-10-19(16-18(17)2)24(29)21-6-3-4-7-22(21)25(30)27-20-11-13-28(14-12-20)26(31)23-8-5-15-32-23/h3-10,15-16,20H,11-14H2,1-2H3,(H,27,30). The molecule has 1 fully saturated rings. The molecule has 1 aliphatic rings. The number of furan rings is 1. The van der Waals surface area contributed by atoms with Gasteiger partial charge in [0, 0.05) is 30.3 Å². The number of carbonyl (C=O) groups is 3. The van der Waals surface area contributed by atoms with Gasteiger partial charge in [0.25, 0.3) is 11.8 Å². The van der Waals surface area contributed by atoms with Gasteiger partial charge < -0.3 is 14.6 Å². The van der Waals surface area contributed by atoms with Crippen molar-refractivity contribution in [2.75, 3.05) is 13.1 Å². The number of hydrogen-bond donors (Lipinski definition) is 1. The summed E-state index contributed by atoms with van der Waals surface area (Å²) >= 11 is 0. The molecule has 6 heteroatoms. The number of nitrogens with one attached hydrogen (secondary N) is 1. The molecular weight excluding hydrogens is 404 g/mol. The van der Waals surface area contributed by atoms with Crippen LogP contribution in [0.2, 0.25) is 0 Å². The van der Waals surface area contributed by atoms with Crippen LogP contribution in [0.25, 0.3) is 0 Å². The van der Waals surface area contributed by atoms with Crippen LogP contribution in [0.4, 0.5) is 0 Å². The molecule has 0 radical (unpaired) electrons. The van der Waals surface area contributed by atoms with Gasteiger partial charge in [-0.15, -0.1) is 0 Å². The largest absolute Gasteiger partial charge is 0.459 e. The van der Waals surface area contributed by atoms with Crippen molar-refractivity contribution in [3.63, 3.8) is 0 Å². The van der Waals surface area contributed by atoms with Crippen molar-refractivity contribution >= 4 is 17.6 Å². The van der Waals surface area contributed by atoms with E-state index in [0.717, 1.165) is 11.1 Å². The van der Waals surface area contributed by atoms with Gasteiger partial charge in [0.1, 0.15) is 0 Å². The lowest BCUT2D eigenvalue weighted by Crippen LogP contribution is -2.46. The number of piperidine rings is 1. The first-order valence-corrected chi connectivity index (χ1v) is 10.8.